The lowest BCUT2D eigenvalue weighted by Gasteiger charge is -2.04. The molecule has 0 bridgehead atoms. The molecule has 19 heavy (non-hydrogen) atoms. The van der Waals surface area contributed by atoms with Gasteiger partial charge in [0.2, 0.25) is 0 Å². The molecule has 98 valence electrons. The van der Waals surface area contributed by atoms with Crippen molar-refractivity contribution in [2.45, 2.75) is 26.2 Å². The fourth-order valence-electron chi connectivity index (χ4n) is 1.63. The van der Waals surface area contributed by atoms with E-state index in [0.29, 0.717) is 18.4 Å². The van der Waals surface area contributed by atoms with Gasteiger partial charge in [-0.15, -0.1) is 0 Å². The Morgan fingerprint density at radius 2 is 2.11 bits per heavy atom. The Hall–Kier alpha value is -2.35. The lowest BCUT2D eigenvalue weighted by Crippen LogP contribution is -2.19. The van der Waals surface area contributed by atoms with E-state index in [2.05, 4.69) is 12.1 Å². The number of nitrogens with zero attached hydrogens (tertiary/aromatic N) is 2. The summed E-state index contributed by atoms with van der Waals surface area (Å²) < 4.78 is 0. The molecule has 0 amide bonds. The third-order valence-electron chi connectivity index (χ3n) is 3.24. The highest BCUT2D eigenvalue weighted by Crippen LogP contribution is 2.45. The Kier molecular flexibility index (Phi) is 3.52. The normalized spacial score (nSPS) is 16.5. The molecule has 0 heterocycles. The number of nitrogens with two attached hydrogens (primary N) is 1. The number of hydrogen-bond acceptors (Lipinski definition) is 4. The van der Waals surface area contributed by atoms with E-state index in [1.54, 1.807) is 0 Å². The second-order valence-electron chi connectivity index (χ2n) is 4.60. The van der Waals surface area contributed by atoms with E-state index < -0.39 is 11.4 Å². The van der Waals surface area contributed by atoms with Gasteiger partial charge in [-0.1, -0.05) is 36.3 Å². The van der Waals surface area contributed by atoms with Gasteiger partial charge in [0.05, 0.1) is 6.07 Å². The van der Waals surface area contributed by atoms with Crippen LogP contribution in [-0.2, 0) is 16.1 Å². The van der Waals surface area contributed by atoms with Crippen LogP contribution < -0.4 is 5.73 Å². The van der Waals surface area contributed by atoms with Crippen molar-refractivity contribution >= 4 is 11.8 Å². The Morgan fingerprint density at radius 1 is 1.47 bits per heavy atom. The largest absolute Gasteiger partial charge is 0.380 e. The summed E-state index contributed by atoms with van der Waals surface area (Å²) in [5, 5.41) is 12.4. The molecule has 1 aliphatic rings. The standard InChI is InChI=1S/C14H15N3O2/c1-2-10-3-5-11(6-4-10)12(16)17-19-13(18)14(9-15)7-8-14/h3-6H,2,7-8H2,1H3,(H2,16,17). The van der Waals surface area contributed by atoms with Crippen molar-refractivity contribution in [1.82, 2.24) is 0 Å². The molecule has 2 N–H and O–H groups in total. The molecule has 1 saturated carbocycles. The second kappa shape index (κ2) is 5.11. The van der Waals surface area contributed by atoms with Crippen molar-refractivity contribution in [3.63, 3.8) is 0 Å². The molecule has 0 unspecified atom stereocenters. The zero-order valence-corrected chi connectivity index (χ0v) is 10.7. The SMILES string of the molecule is CCc1ccc(/C(N)=N/OC(=O)C2(C#N)CC2)cc1. The van der Waals surface area contributed by atoms with Gasteiger partial charge in [-0.2, -0.15) is 5.26 Å². The highest BCUT2D eigenvalue weighted by atomic mass is 16.7. The second-order valence-corrected chi connectivity index (χ2v) is 4.60. The number of aryl methyl sites for hydroxylation is 1. The van der Waals surface area contributed by atoms with Crippen LogP contribution in [0.3, 0.4) is 0 Å². The van der Waals surface area contributed by atoms with E-state index in [-0.39, 0.29) is 5.84 Å². The zero-order valence-electron chi connectivity index (χ0n) is 10.7. The molecule has 2 rings (SSSR count). The van der Waals surface area contributed by atoms with Crippen LogP contribution in [0.1, 0.15) is 30.9 Å². The van der Waals surface area contributed by atoms with Gasteiger partial charge in [-0.05, 0) is 24.8 Å². The molecule has 1 aromatic rings. The van der Waals surface area contributed by atoms with Crippen LogP contribution in [0.5, 0.6) is 0 Å². The summed E-state index contributed by atoms with van der Waals surface area (Å²) in [4.78, 5) is 16.3. The van der Waals surface area contributed by atoms with Crippen LogP contribution >= 0.6 is 0 Å². The number of rotatable bonds is 4. The summed E-state index contributed by atoms with van der Waals surface area (Å²) in [7, 11) is 0. The molecule has 0 spiro atoms. The molecule has 1 fully saturated rings. The molecular formula is C14H15N3O2. The predicted molar refractivity (Wildman–Crippen MR) is 69.9 cm³/mol. The van der Waals surface area contributed by atoms with Gasteiger partial charge in [-0.3, -0.25) is 0 Å². The summed E-state index contributed by atoms with van der Waals surface area (Å²) in [6.07, 6.45) is 2.00. The molecule has 0 atom stereocenters. The molecule has 0 aliphatic heterocycles. The lowest BCUT2D eigenvalue weighted by atomic mass is 10.1. The minimum absolute atomic E-state index is 0.129. The Balaban J connectivity index is 2.03. The number of carbonyl (C=O) groups is 1. The van der Waals surface area contributed by atoms with Crippen LogP contribution in [-0.4, -0.2) is 11.8 Å². The van der Waals surface area contributed by atoms with Gasteiger partial charge < -0.3 is 10.6 Å². The van der Waals surface area contributed by atoms with Crippen LogP contribution in [0.4, 0.5) is 0 Å². The van der Waals surface area contributed by atoms with Crippen LogP contribution in [0.15, 0.2) is 29.4 Å². The minimum atomic E-state index is -0.990. The fraction of sp³-hybridized carbons (Fsp3) is 0.357. The first-order chi connectivity index (χ1) is 9.11. The molecular weight excluding hydrogens is 242 g/mol. The number of amidine groups is 1. The highest BCUT2D eigenvalue weighted by molar-refractivity contribution is 5.97. The third-order valence-corrected chi connectivity index (χ3v) is 3.24. The van der Waals surface area contributed by atoms with Gasteiger partial charge >= 0.3 is 5.97 Å². The monoisotopic (exact) mass is 257 g/mol. The van der Waals surface area contributed by atoms with Gasteiger partial charge in [0.15, 0.2) is 11.3 Å². The Bertz CT molecular complexity index is 551. The van der Waals surface area contributed by atoms with E-state index in [4.69, 9.17) is 15.8 Å². The summed E-state index contributed by atoms with van der Waals surface area (Å²) in [5.74, 6) is -0.493. The molecule has 5 heteroatoms. The van der Waals surface area contributed by atoms with Crippen molar-refractivity contribution in [1.29, 1.82) is 5.26 Å². The van der Waals surface area contributed by atoms with Gasteiger partial charge in [0.1, 0.15) is 0 Å². The van der Waals surface area contributed by atoms with Crippen molar-refractivity contribution < 1.29 is 9.63 Å². The first-order valence-corrected chi connectivity index (χ1v) is 6.17. The van der Waals surface area contributed by atoms with E-state index in [9.17, 15) is 4.79 Å². The smallest absolute Gasteiger partial charge is 0.355 e. The molecule has 1 aliphatic carbocycles. The maximum absolute atomic E-state index is 11.6. The number of carbonyl (C=O) groups excluding carboxylic acids is 1. The van der Waals surface area contributed by atoms with Gasteiger partial charge in [-0.25, -0.2) is 4.79 Å². The number of oxime groups is 1. The van der Waals surface area contributed by atoms with Crippen molar-refractivity contribution in [3.05, 3.63) is 35.4 Å². The maximum atomic E-state index is 11.6. The van der Waals surface area contributed by atoms with Crippen LogP contribution in [0, 0.1) is 16.7 Å². The number of benzene rings is 1. The van der Waals surface area contributed by atoms with E-state index in [1.165, 1.54) is 5.56 Å². The lowest BCUT2D eigenvalue weighted by molar-refractivity contribution is -0.147. The van der Waals surface area contributed by atoms with Crippen LogP contribution in [0.25, 0.3) is 0 Å². The third kappa shape index (κ3) is 2.74. The summed E-state index contributed by atoms with van der Waals surface area (Å²) in [6.45, 7) is 2.06. The molecule has 0 aromatic heterocycles. The molecule has 0 radical (unpaired) electrons. The Morgan fingerprint density at radius 3 is 2.58 bits per heavy atom. The van der Waals surface area contributed by atoms with Crippen LogP contribution in [0.2, 0.25) is 0 Å². The van der Waals surface area contributed by atoms with E-state index >= 15 is 0 Å². The number of hydrogen-bond donors (Lipinski definition) is 1. The highest BCUT2D eigenvalue weighted by Gasteiger charge is 2.53. The first-order valence-electron chi connectivity index (χ1n) is 6.17. The topological polar surface area (TPSA) is 88.5 Å². The van der Waals surface area contributed by atoms with Gasteiger partial charge in [0, 0.05) is 5.56 Å². The molecule has 5 nitrogen and oxygen atoms in total. The summed E-state index contributed by atoms with van der Waals surface area (Å²) in [5.41, 5.74) is 6.62. The average Bonchev–Trinajstić information content (AvgIpc) is 3.25. The quantitative estimate of drug-likeness (QED) is 0.385. The zero-order chi connectivity index (χ0) is 13.9. The summed E-state index contributed by atoms with van der Waals surface area (Å²) in [6, 6.07) is 9.47. The van der Waals surface area contributed by atoms with Crippen molar-refractivity contribution in [3.8, 4) is 6.07 Å². The minimum Gasteiger partial charge on any atom is -0.380 e. The number of nitriles is 1. The van der Waals surface area contributed by atoms with Crippen molar-refractivity contribution in [2.24, 2.45) is 16.3 Å². The van der Waals surface area contributed by atoms with Gasteiger partial charge in [0.25, 0.3) is 0 Å². The summed E-state index contributed by atoms with van der Waals surface area (Å²) >= 11 is 0. The average molecular weight is 257 g/mol. The Labute approximate surface area is 111 Å². The van der Waals surface area contributed by atoms with Crippen molar-refractivity contribution in [2.75, 3.05) is 0 Å². The van der Waals surface area contributed by atoms with E-state index in [1.807, 2.05) is 30.3 Å². The predicted octanol–water partition coefficient (Wildman–Crippen LogP) is 1.72. The fourth-order valence-corrected chi connectivity index (χ4v) is 1.63. The maximum Gasteiger partial charge on any atom is 0.355 e. The molecule has 0 saturated heterocycles. The van der Waals surface area contributed by atoms with E-state index in [0.717, 1.165) is 6.42 Å². The first kappa shape index (κ1) is 13.1. The molecule has 1 aromatic carbocycles.